The Kier molecular flexibility index (Phi) is 3.34. The molecule has 2 rings (SSSR count). The monoisotopic (exact) mass is 254 g/mol. The van der Waals surface area contributed by atoms with Crippen LogP contribution in [0.5, 0.6) is 0 Å². The lowest BCUT2D eigenvalue weighted by Crippen LogP contribution is -2.38. The second kappa shape index (κ2) is 4.65. The van der Waals surface area contributed by atoms with Gasteiger partial charge in [0.05, 0.1) is 6.04 Å². The second-order valence-electron chi connectivity index (χ2n) is 4.87. The summed E-state index contributed by atoms with van der Waals surface area (Å²) in [5.74, 6) is -1.18. The van der Waals surface area contributed by atoms with Gasteiger partial charge >= 0.3 is 0 Å². The first-order valence-electron chi connectivity index (χ1n) is 5.93. The van der Waals surface area contributed by atoms with E-state index in [9.17, 15) is 13.6 Å². The second-order valence-corrected chi connectivity index (χ2v) is 4.87. The smallest absolute Gasteiger partial charge is 0.225 e. The van der Waals surface area contributed by atoms with Gasteiger partial charge in [-0.1, -0.05) is 0 Å². The van der Waals surface area contributed by atoms with Crippen molar-refractivity contribution in [1.82, 2.24) is 4.90 Å². The van der Waals surface area contributed by atoms with Crippen LogP contribution < -0.4 is 5.73 Å². The zero-order valence-electron chi connectivity index (χ0n) is 10.4. The van der Waals surface area contributed by atoms with Gasteiger partial charge in [0.1, 0.15) is 11.6 Å². The number of carbonyl (C=O) groups excluding carboxylic acids is 1. The number of likely N-dealkylation sites (tertiary alicyclic amines) is 1. The third-order valence-corrected chi connectivity index (χ3v) is 3.24. The molecule has 1 aliphatic heterocycles. The number of nitrogens with zero attached hydrogens (tertiary/aromatic N) is 1. The molecule has 1 aromatic rings. The number of nitrogens with two attached hydrogens (primary N) is 1. The van der Waals surface area contributed by atoms with E-state index >= 15 is 0 Å². The van der Waals surface area contributed by atoms with Crippen molar-refractivity contribution >= 4 is 5.91 Å². The lowest BCUT2D eigenvalue weighted by atomic mass is 9.99. The van der Waals surface area contributed by atoms with Gasteiger partial charge in [0.15, 0.2) is 0 Å². The largest absolute Gasteiger partial charge is 0.331 e. The van der Waals surface area contributed by atoms with Crippen LogP contribution in [0.3, 0.4) is 0 Å². The molecule has 3 nitrogen and oxygen atoms in total. The first-order valence-corrected chi connectivity index (χ1v) is 5.93. The fraction of sp³-hybridized carbons (Fsp3) is 0.462. The number of hydrogen-bond acceptors (Lipinski definition) is 2. The van der Waals surface area contributed by atoms with Gasteiger partial charge in [-0.2, -0.15) is 0 Å². The molecule has 2 N–H and O–H groups in total. The highest BCUT2D eigenvalue weighted by Gasteiger charge is 2.41. The molecule has 0 aromatic heterocycles. The van der Waals surface area contributed by atoms with Gasteiger partial charge in [0, 0.05) is 24.1 Å². The summed E-state index contributed by atoms with van der Waals surface area (Å²) in [6.45, 7) is 3.67. The topological polar surface area (TPSA) is 46.3 Å². The zero-order valence-corrected chi connectivity index (χ0v) is 10.4. The molecule has 1 heterocycles. The maximum atomic E-state index is 13.8. The number of halogens is 2. The molecule has 98 valence electrons. The number of rotatable bonds is 2. The van der Waals surface area contributed by atoms with E-state index in [0.29, 0.717) is 0 Å². The van der Waals surface area contributed by atoms with E-state index in [1.165, 1.54) is 4.90 Å². The highest BCUT2D eigenvalue weighted by Crippen LogP contribution is 2.35. The summed E-state index contributed by atoms with van der Waals surface area (Å²) in [5.41, 5.74) is 6.05. The molecule has 0 radical (unpaired) electrons. The van der Waals surface area contributed by atoms with Crippen molar-refractivity contribution in [3.05, 3.63) is 35.4 Å². The van der Waals surface area contributed by atoms with Crippen LogP contribution in [-0.4, -0.2) is 22.9 Å². The molecule has 0 spiro atoms. The van der Waals surface area contributed by atoms with Gasteiger partial charge in [0.2, 0.25) is 5.91 Å². The summed E-state index contributed by atoms with van der Waals surface area (Å²) < 4.78 is 27.0. The molecule has 1 amide bonds. The Morgan fingerprint density at radius 1 is 1.39 bits per heavy atom. The van der Waals surface area contributed by atoms with Crippen molar-refractivity contribution in [2.75, 3.05) is 0 Å². The van der Waals surface area contributed by atoms with Crippen LogP contribution in [0, 0.1) is 11.6 Å². The van der Waals surface area contributed by atoms with Crippen molar-refractivity contribution in [2.45, 2.75) is 38.4 Å². The average Bonchev–Trinajstić information content (AvgIpc) is 2.57. The lowest BCUT2D eigenvalue weighted by molar-refractivity contribution is -0.130. The van der Waals surface area contributed by atoms with E-state index < -0.39 is 23.7 Å². The molecular formula is C13H16F2N2O. The fourth-order valence-corrected chi connectivity index (χ4v) is 2.51. The Labute approximate surface area is 105 Å². The van der Waals surface area contributed by atoms with Crippen LogP contribution in [0.2, 0.25) is 0 Å². The van der Waals surface area contributed by atoms with E-state index in [-0.39, 0.29) is 23.9 Å². The number of benzene rings is 1. The third-order valence-electron chi connectivity index (χ3n) is 3.24. The summed E-state index contributed by atoms with van der Waals surface area (Å²) in [5, 5.41) is 0. The summed E-state index contributed by atoms with van der Waals surface area (Å²) in [6, 6.07) is 2.05. The number of carbonyl (C=O) groups is 1. The summed E-state index contributed by atoms with van der Waals surface area (Å²) in [7, 11) is 0. The molecule has 2 unspecified atom stereocenters. The Balaban J connectivity index is 2.46. The predicted octanol–water partition coefficient (Wildman–Crippen LogP) is 1.97. The minimum absolute atomic E-state index is 0.0984. The SMILES string of the molecule is CC(C)N1C(=O)CC(N)C1c1cc(F)ccc1F. The first-order chi connectivity index (χ1) is 8.41. The zero-order chi connectivity index (χ0) is 13.4. The summed E-state index contributed by atoms with van der Waals surface area (Å²) >= 11 is 0. The van der Waals surface area contributed by atoms with E-state index in [1.807, 2.05) is 13.8 Å². The molecule has 1 aliphatic rings. The molecule has 0 aliphatic carbocycles. The maximum absolute atomic E-state index is 13.8. The van der Waals surface area contributed by atoms with Crippen LogP contribution in [0.4, 0.5) is 8.78 Å². The molecular weight excluding hydrogens is 238 g/mol. The standard InChI is InChI=1S/C13H16F2N2O/c1-7(2)17-12(18)6-11(16)13(17)9-5-8(14)3-4-10(9)15/h3-5,7,11,13H,6,16H2,1-2H3. The van der Waals surface area contributed by atoms with E-state index in [1.54, 1.807) is 0 Å². The van der Waals surface area contributed by atoms with Crippen molar-refractivity contribution in [2.24, 2.45) is 5.73 Å². The van der Waals surface area contributed by atoms with Crippen LogP contribution in [0.15, 0.2) is 18.2 Å². The van der Waals surface area contributed by atoms with Crippen LogP contribution in [0.1, 0.15) is 31.9 Å². The number of hydrogen-bond donors (Lipinski definition) is 1. The average molecular weight is 254 g/mol. The fourth-order valence-electron chi connectivity index (χ4n) is 2.51. The van der Waals surface area contributed by atoms with Crippen LogP contribution in [-0.2, 0) is 4.79 Å². The molecule has 1 fully saturated rings. The van der Waals surface area contributed by atoms with Gasteiger partial charge < -0.3 is 10.6 Å². The van der Waals surface area contributed by atoms with Gasteiger partial charge in [-0.15, -0.1) is 0 Å². The highest BCUT2D eigenvalue weighted by molar-refractivity contribution is 5.80. The van der Waals surface area contributed by atoms with Crippen LogP contribution >= 0.6 is 0 Å². The van der Waals surface area contributed by atoms with Gasteiger partial charge in [0.25, 0.3) is 0 Å². The predicted molar refractivity (Wildman–Crippen MR) is 63.7 cm³/mol. The maximum Gasteiger partial charge on any atom is 0.225 e. The van der Waals surface area contributed by atoms with Crippen molar-refractivity contribution in [3.63, 3.8) is 0 Å². The first kappa shape index (κ1) is 13.0. The summed E-state index contributed by atoms with van der Waals surface area (Å²) in [6.07, 6.45) is 0.165. The molecule has 0 saturated carbocycles. The number of amides is 1. The molecule has 1 saturated heterocycles. The van der Waals surface area contributed by atoms with Gasteiger partial charge in [-0.05, 0) is 32.0 Å². The summed E-state index contributed by atoms with van der Waals surface area (Å²) in [4.78, 5) is 13.4. The Morgan fingerprint density at radius 3 is 2.67 bits per heavy atom. The normalized spacial score (nSPS) is 24.1. The molecule has 1 aromatic carbocycles. The lowest BCUT2D eigenvalue weighted by Gasteiger charge is -2.30. The van der Waals surface area contributed by atoms with Crippen LogP contribution in [0.25, 0.3) is 0 Å². The quantitative estimate of drug-likeness (QED) is 0.877. The highest BCUT2D eigenvalue weighted by atomic mass is 19.1. The Morgan fingerprint density at radius 2 is 2.06 bits per heavy atom. The van der Waals surface area contributed by atoms with E-state index in [2.05, 4.69) is 0 Å². The molecule has 2 atom stereocenters. The van der Waals surface area contributed by atoms with Crippen molar-refractivity contribution < 1.29 is 13.6 Å². The van der Waals surface area contributed by atoms with E-state index in [4.69, 9.17) is 5.73 Å². The Hall–Kier alpha value is -1.49. The van der Waals surface area contributed by atoms with Crippen molar-refractivity contribution in [3.8, 4) is 0 Å². The van der Waals surface area contributed by atoms with E-state index in [0.717, 1.165) is 18.2 Å². The minimum atomic E-state index is -0.590. The molecule has 5 heteroatoms. The van der Waals surface area contributed by atoms with Crippen molar-refractivity contribution in [1.29, 1.82) is 0 Å². The minimum Gasteiger partial charge on any atom is -0.331 e. The molecule has 18 heavy (non-hydrogen) atoms. The third kappa shape index (κ3) is 2.10. The van der Waals surface area contributed by atoms with Gasteiger partial charge in [-0.3, -0.25) is 4.79 Å². The Bertz CT molecular complexity index is 476. The van der Waals surface area contributed by atoms with Gasteiger partial charge in [-0.25, -0.2) is 8.78 Å². The molecule has 0 bridgehead atoms.